The number of aromatic nitrogens is 2. The lowest BCUT2D eigenvalue weighted by Crippen LogP contribution is -2.15. The van der Waals surface area contributed by atoms with E-state index in [2.05, 4.69) is 9.88 Å². The van der Waals surface area contributed by atoms with E-state index < -0.39 is 5.97 Å². The molecule has 90 valence electrons. The molecule has 2 aromatic heterocycles. The number of carboxylic acid groups (broad SMARTS) is 1. The summed E-state index contributed by atoms with van der Waals surface area (Å²) in [7, 11) is 4.02. The van der Waals surface area contributed by atoms with Gasteiger partial charge in [0.05, 0.1) is 11.3 Å². The Balaban J connectivity index is 2.27. The summed E-state index contributed by atoms with van der Waals surface area (Å²) in [5.41, 5.74) is 2.03. The molecule has 0 fully saturated rings. The van der Waals surface area contributed by atoms with E-state index in [9.17, 15) is 4.79 Å². The highest BCUT2D eigenvalue weighted by molar-refractivity contribution is 5.87. The van der Waals surface area contributed by atoms with E-state index in [-0.39, 0.29) is 5.56 Å². The smallest absolute Gasteiger partial charge is 0.337 e. The fraction of sp³-hybridized carbons (Fsp3) is 0.333. The summed E-state index contributed by atoms with van der Waals surface area (Å²) in [5.74, 6) is -0.921. The fourth-order valence-electron chi connectivity index (χ4n) is 1.63. The Hall–Kier alpha value is -1.88. The Morgan fingerprint density at radius 2 is 2.18 bits per heavy atom. The molecule has 0 aromatic carbocycles. The van der Waals surface area contributed by atoms with Gasteiger partial charge < -0.3 is 14.4 Å². The monoisotopic (exact) mass is 233 g/mol. The van der Waals surface area contributed by atoms with Gasteiger partial charge in [0.25, 0.3) is 0 Å². The first-order valence-corrected chi connectivity index (χ1v) is 5.42. The number of pyridine rings is 1. The van der Waals surface area contributed by atoms with Gasteiger partial charge in [0, 0.05) is 25.4 Å². The Labute approximate surface area is 99.3 Å². The van der Waals surface area contributed by atoms with Gasteiger partial charge in [-0.15, -0.1) is 0 Å². The summed E-state index contributed by atoms with van der Waals surface area (Å²) in [6.07, 6.45) is 4.33. The third kappa shape index (κ3) is 2.62. The van der Waals surface area contributed by atoms with E-state index in [1.807, 2.05) is 20.3 Å². The van der Waals surface area contributed by atoms with Gasteiger partial charge in [-0.05, 0) is 26.2 Å². The predicted molar refractivity (Wildman–Crippen MR) is 64.4 cm³/mol. The molecular formula is C12H15N3O2. The van der Waals surface area contributed by atoms with Gasteiger partial charge in [0.15, 0.2) is 0 Å². The molecular weight excluding hydrogens is 218 g/mol. The Morgan fingerprint density at radius 3 is 2.82 bits per heavy atom. The topological polar surface area (TPSA) is 57.8 Å². The number of fused-ring (bicyclic) bond motifs is 1. The molecule has 2 rings (SSSR count). The summed E-state index contributed by atoms with van der Waals surface area (Å²) < 4.78 is 1.76. The van der Waals surface area contributed by atoms with Crippen LogP contribution >= 0.6 is 0 Å². The Bertz CT molecular complexity index is 546. The van der Waals surface area contributed by atoms with Crippen LogP contribution < -0.4 is 0 Å². The van der Waals surface area contributed by atoms with Crippen molar-refractivity contribution in [1.29, 1.82) is 0 Å². The first-order chi connectivity index (χ1) is 8.06. The first kappa shape index (κ1) is 11.6. The minimum Gasteiger partial charge on any atom is -0.478 e. The highest BCUT2D eigenvalue weighted by Crippen LogP contribution is 2.08. The summed E-state index contributed by atoms with van der Waals surface area (Å²) in [4.78, 5) is 17.3. The van der Waals surface area contributed by atoms with Gasteiger partial charge in [-0.3, -0.25) is 0 Å². The summed E-state index contributed by atoms with van der Waals surface area (Å²) >= 11 is 0. The van der Waals surface area contributed by atoms with Crippen LogP contribution in [0.2, 0.25) is 0 Å². The summed E-state index contributed by atoms with van der Waals surface area (Å²) in [6, 6.07) is 3.29. The van der Waals surface area contributed by atoms with Crippen LogP contribution in [-0.4, -0.2) is 46.0 Å². The molecule has 0 atom stereocenters. The van der Waals surface area contributed by atoms with E-state index >= 15 is 0 Å². The van der Waals surface area contributed by atoms with E-state index in [1.54, 1.807) is 22.7 Å². The van der Waals surface area contributed by atoms with Gasteiger partial charge in [-0.25, -0.2) is 9.78 Å². The standard InChI is InChI=1S/C12H15N3O2/c1-14(2)6-5-10-8-15-7-9(12(16)17)3-4-11(15)13-10/h3-4,7-8H,5-6H2,1-2H3,(H,16,17). The fourth-order valence-corrected chi connectivity index (χ4v) is 1.63. The van der Waals surface area contributed by atoms with Gasteiger partial charge in [0.2, 0.25) is 0 Å². The molecule has 1 N–H and O–H groups in total. The van der Waals surface area contributed by atoms with Gasteiger partial charge in [-0.2, -0.15) is 0 Å². The Morgan fingerprint density at radius 1 is 1.41 bits per heavy atom. The molecule has 0 saturated heterocycles. The molecule has 0 aliphatic heterocycles. The number of hydrogen-bond donors (Lipinski definition) is 1. The lowest BCUT2D eigenvalue weighted by Gasteiger charge is -2.06. The average Bonchev–Trinajstić information content (AvgIpc) is 2.67. The number of aromatic carboxylic acids is 1. The van der Waals surface area contributed by atoms with E-state index in [0.717, 1.165) is 24.3 Å². The minimum atomic E-state index is -0.921. The van der Waals surface area contributed by atoms with Crippen LogP contribution in [0.5, 0.6) is 0 Å². The number of imidazole rings is 1. The molecule has 0 amide bonds. The van der Waals surface area contributed by atoms with Crippen LogP contribution in [-0.2, 0) is 6.42 Å². The van der Waals surface area contributed by atoms with Crippen molar-refractivity contribution in [1.82, 2.24) is 14.3 Å². The van der Waals surface area contributed by atoms with Crippen molar-refractivity contribution in [2.24, 2.45) is 0 Å². The molecule has 17 heavy (non-hydrogen) atoms. The van der Waals surface area contributed by atoms with Gasteiger partial charge in [-0.1, -0.05) is 0 Å². The number of likely N-dealkylation sites (N-methyl/N-ethyl adjacent to an activating group) is 1. The zero-order valence-corrected chi connectivity index (χ0v) is 9.92. The quantitative estimate of drug-likeness (QED) is 0.860. The highest BCUT2D eigenvalue weighted by atomic mass is 16.4. The summed E-state index contributed by atoms with van der Waals surface area (Å²) in [5, 5.41) is 8.89. The normalized spacial score (nSPS) is 11.2. The molecule has 5 heteroatoms. The Kier molecular flexibility index (Phi) is 3.10. The average molecular weight is 233 g/mol. The maximum atomic E-state index is 10.8. The van der Waals surface area contributed by atoms with Crippen LogP contribution in [0.15, 0.2) is 24.5 Å². The van der Waals surface area contributed by atoms with Crippen LogP contribution in [0, 0.1) is 0 Å². The number of hydrogen-bond acceptors (Lipinski definition) is 3. The molecule has 0 saturated carbocycles. The van der Waals surface area contributed by atoms with E-state index in [4.69, 9.17) is 5.11 Å². The molecule has 0 aliphatic rings. The van der Waals surface area contributed by atoms with Crippen molar-refractivity contribution >= 4 is 11.6 Å². The van der Waals surface area contributed by atoms with E-state index in [0.29, 0.717) is 0 Å². The van der Waals surface area contributed by atoms with Crippen molar-refractivity contribution < 1.29 is 9.90 Å². The van der Waals surface area contributed by atoms with Crippen molar-refractivity contribution in [2.75, 3.05) is 20.6 Å². The maximum Gasteiger partial charge on any atom is 0.337 e. The molecule has 2 aromatic rings. The van der Waals surface area contributed by atoms with Gasteiger partial charge >= 0.3 is 5.97 Å². The van der Waals surface area contributed by atoms with Crippen molar-refractivity contribution in [3.05, 3.63) is 35.8 Å². The van der Waals surface area contributed by atoms with Crippen LogP contribution in [0.3, 0.4) is 0 Å². The zero-order chi connectivity index (χ0) is 12.4. The number of carbonyl (C=O) groups is 1. The van der Waals surface area contributed by atoms with Crippen molar-refractivity contribution in [3.63, 3.8) is 0 Å². The molecule has 5 nitrogen and oxygen atoms in total. The second-order valence-electron chi connectivity index (χ2n) is 4.27. The molecule has 0 radical (unpaired) electrons. The summed E-state index contributed by atoms with van der Waals surface area (Å²) in [6.45, 7) is 0.926. The van der Waals surface area contributed by atoms with Crippen LogP contribution in [0.4, 0.5) is 0 Å². The second kappa shape index (κ2) is 4.55. The lowest BCUT2D eigenvalue weighted by atomic mass is 10.3. The first-order valence-electron chi connectivity index (χ1n) is 5.42. The lowest BCUT2D eigenvalue weighted by molar-refractivity contribution is 0.0696. The van der Waals surface area contributed by atoms with Crippen molar-refractivity contribution in [3.8, 4) is 0 Å². The minimum absolute atomic E-state index is 0.272. The third-order valence-corrected chi connectivity index (χ3v) is 2.56. The predicted octanol–water partition coefficient (Wildman–Crippen LogP) is 1.14. The van der Waals surface area contributed by atoms with Crippen LogP contribution in [0.25, 0.3) is 5.65 Å². The molecule has 2 heterocycles. The van der Waals surface area contributed by atoms with Gasteiger partial charge in [0.1, 0.15) is 5.65 Å². The molecule has 0 bridgehead atoms. The van der Waals surface area contributed by atoms with Crippen LogP contribution in [0.1, 0.15) is 16.1 Å². The largest absolute Gasteiger partial charge is 0.478 e. The third-order valence-electron chi connectivity index (χ3n) is 2.56. The number of nitrogens with zero attached hydrogens (tertiary/aromatic N) is 3. The zero-order valence-electron chi connectivity index (χ0n) is 9.92. The molecule has 0 spiro atoms. The SMILES string of the molecule is CN(C)CCc1cn2cc(C(=O)O)ccc2n1. The molecule has 0 aliphatic carbocycles. The number of rotatable bonds is 4. The van der Waals surface area contributed by atoms with E-state index in [1.165, 1.54) is 0 Å². The number of carboxylic acids is 1. The molecule has 0 unspecified atom stereocenters. The highest BCUT2D eigenvalue weighted by Gasteiger charge is 2.06. The van der Waals surface area contributed by atoms with Crippen molar-refractivity contribution in [2.45, 2.75) is 6.42 Å². The maximum absolute atomic E-state index is 10.8. The second-order valence-corrected chi connectivity index (χ2v) is 4.27.